The quantitative estimate of drug-likeness (QED) is 0.733. The summed E-state index contributed by atoms with van der Waals surface area (Å²) in [5, 5.41) is 2.97. The minimum atomic E-state index is -0.198. The molecule has 2 heterocycles. The number of carbonyl (C=O) groups excluding carboxylic acids is 1. The van der Waals surface area contributed by atoms with Gasteiger partial charge in [0.05, 0.1) is 6.33 Å². The lowest BCUT2D eigenvalue weighted by atomic mass is 10.2. The van der Waals surface area contributed by atoms with Crippen LogP contribution in [-0.4, -0.2) is 21.5 Å². The SMILES string of the molecule is O=C1CCC(Cn2cnc(Cl)cc2=O)N1. The van der Waals surface area contributed by atoms with Crippen molar-refractivity contribution in [2.75, 3.05) is 0 Å². The maximum Gasteiger partial charge on any atom is 0.254 e. The van der Waals surface area contributed by atoms with E-state index in [1.165, 1.54) is 17.0 Å². The highest BCUT2D eigenvalue weighted by atomic mass is 35.5. The number of nitrogens with zero attached hydrogens (tertiary/aromatic N) is 2. The van der Waals surface area contributed by atoms with Crippen LogP contribution in [0.2, 0.25) is 5.15 Å². The first kappa shape index (κ1) is 10.2. The van der Waals surface area contributed by atoms with E-state index in [0.29, 0.717) is 13.0 Å². The molecule has 0 saturated carbocycles. The van der Waals surface area contributed by atoms with Gasteiger partial charge >= 0.3 is 0 Å². The highest BCUT2D eigenvalue weighted by Crippen LogP contribution is 2.07. The minimum Gasteiger partial charge on any atom is -0.352 e. The Morgan fingerprint density at radius 3 is 3.00 bits per heavy atom. The van der Waals surface area contributed by atoms with E-state index in [9.17, 15) is 9.59 Å². The third kappa shape index (κ3) is 2.36. The van der Waals surface area contributed by atoms with Crippen LogP contribution in [0, 0.1) is 0 Å². The van der Waals surface area contributed by atoms with Crippen molar-refractivity contribution in [3.63, 3.8) is 0 Å². The molecule has 2 rings (SSSR count). The minimum absolute atomic E-state index is 0.0261. The second kappa shape index (κ2) is 4.02. The van der Waals surface area contributed by atoms with Gasteiger partial charge in [-0.05, 0) is 6.42 Å². The molecule has 1 aliphatic heterocycles. The van der Waals surface area contributed by atoms with Gasteiger partial charge in [-0.2, -0.15) is 0 Å². The Kier molecular flexibility index (Phi) is 2.73. The lowest BCUT2D eigenvalue weighted by Gasteiger charge is -2.11. The summed E-state index contributed by atoms with van der Waals surface area (Å²) in [7, 11) is 0. The fourth-order valence-corrected chi connectivity index (χ4v) is 1.73. The number of nitrogens with one attached hydrogen (secondary N) is 1. The van der Waals surface area contributed by atoms with Gasteiger partial charge in [0.2, 0.25) is 5.91 Å². The smallest absolute Gasteiger partial charge is 0.254 e. The predicted octanol–water partition coefficient (Wildman–Crippen LogP) is 0.175. The van der Waals surface area contributed by atoms with Crippen molar-refractivity contribution in [2.24, 2.45) is 0 Å². The standard InChI is InChI=1S/C9H10ClN3O2/c10-7-3-9(15)13(5-11-7)4-6-1-2-8(14)12-6/h3,5-6H,1-2,4H2,(H,12,14). The summed E-state index contributed by atoms with van der Waals surface area (Å²) in [6.45, 7) is 0.453. The first-order valence-corrected chi connectivity index (χ1v) is 5.04. The molecule has 1 atom stereocenters. The molecule has 80 valence electrons. The molecule has 1 aromatic rings. The molecule has 0 aliphatic carbocycles. The Labute approximate surface area is 91.1 Å². The second-order valence-corrected chi connectivity index (χ2v) is 3.89. The average molecular weight is 228 g/mol. The Balaban J connectivity index is 2.11. The molecule has 1 fully saturated rings. The van der Waals surface area contributed by atoms with Gasteiger partial charge in [0.1, 0.15) is 5.15 Å². The largest absolute Gasteiger partial charge is 0.352 e. The van der Waals surface area contributed by atoms with Gasteiger partial charge in [0.25, 0.3) is 5.56 Å². The molecule has 1 unspecified atom stereocenters. The summed E-state index contributed by atoms with van der Waals surface area (Å²) in [6.07, 6.45) is 2.68. The van der Waals surface area contributed by atoms with Crippen molar-refractivity contribution < 1.29 is 4.79 Å². The first-order chi connectivity index (χ1) is 7.15. The van der Waals surface area contributed by atoms with Gasteiger partial charge in [-0.25, -0.2) is 4.98 Å². The number of rotatable bonds is 2. The average Bonchev–Trinajstić information content (AvgIpc) is 2.56. The first-order valence-electron chi connectivity index (χ1n) is 4.66. The number of aromatic nitrogens is 2. The number of carbonyl (C=O) groups is 1. The van der Waals surface area contributed by atoms with E-state index in [-0.39, 0.29) is 22.7 Å². The van der Waals surface area contributed by atoms with Crippen molar-refractivity contribution in [1.29, 1.82) is 0 Å². The van der Waals surface area contributed by atoms with E-state index in [1.54, 1.807) is 0 Å². The van der Waals surface area contributed by atoms with Gasteiger partial charge < -0.3 is 5.32 Å². The zero-order valence-corrected chi connectivity index (χ0v) is 8.70. The molecule has 1 amide bonds. The van der Waals surface area contributed by atoms with Crippen molar-refractivity contribution in [3.05, 3.63) is 27.9 Å². The van der Waals surface area contributed by atoms with Crippen LogP contribution in [0.25, 0.3) is 0 Å². The van der Waals surface area contributed by atoms with Crippen molar-refractivity contribution in [3.8, 4) is 0 Å². The number of hydrogen-bond acceptors (Lipinski definition) is 3. The summed E-state index contributed by atoms with van der Waals surface area (Å²) in [6, 6.07) is 1.29. The predicted molar refractivity (Wildman–Crippen MR) is 54.7 cm³/mol. The van der Waals surface area contributed by atoms with Gasteiger partial charge in [0.15, 0.2) is 0 Å². The molecule has 1 aromatic heterocycles. The monoisotopic (exact) mass is 227 g/mol. The van der Waals surface area contributed by atoms with Crippen molar-refractivity contribution in [1.82, 2.24) is 14.9 Å². The lowest BCUT2D eigenvalue weighted by Crippen LogP contribution is -2.33. The summed E-state index contributed by atoms with van der Waals surface area (Å²) in [4.78, 5) is 26.2. The summed E-state index contributed by atoms with van der Waals surface area (Å²) in [5.41, 5.74) is -0.198. The second-order valence-electron chi connectivity index (χ2n) is 3.51. The van der Waals surface area contributed by atoms with Crippen molar-refractivity contribution >= 4 is 17.5 Å². The summed E-state index contributed by atoms with van der Waals surface area (Å²) < 4.78 is 1.45. The lowest BCUT2D eigenvalue weighted by molar-refractivity contribution is -0.119. The molecule has 0 spiro atoms. The highest BCUT2D eigenvalue weighted by molar-refractivity contribution is 6.29. The van der Waals surface area contributed by atoms with Crippen LogP contribution in [0.3, 0.4) is 0 Å². The van der Waals surface area contributed by atoms with E-state index in [0.717, 1.165) is 6.42 Å². The molecule has 1 saturated heterocycles. The molecule has 0 radical (unpaired) electrons. The molecular formula is C9H10ClN3O2. The van der Waals surface area contributed by atoms with E-state index in [4.69, 9.17) is 11.6 Å². The maximum atomic E-state index is 11.4. The third-order valence-electron chi connectivity index (χ3n) is 2.35. The van der Waals surface area contributed by atoms with Gasteiger partial charge in [-0.3, -0.25) is 14.2 Å². The van der Waals surface area contributed by atoms with Crippen LogP contribution in [0.4, 0.5) is 0 Å². The van der Waals surface area contributed by atoms with Gasteiger partial charge in [-0.15, -0.1) is 0 Å². The Bertz CT molecular complexity index is 443. The Morgan fingerprint density at radius 2 is 2.40 bits per heavy atom. The van der Waals surface area contributed by atoms with E-state index in [2.05, 4.69) is 10.3 Å². The molecule has 0 aromatic carbocycles. The van der Waals surface area contributed by atoms with Crippen LogP contribution in [0.15, 0.2) is 17.2 Å². The number of halogens is 1. The van der Waals surface area contributed by atoms with E-state index >= 15 is 0 Å². The fourth-order valence-electron chi connectivity index (χ4n) is 1.59. The normalized spacial score (nSPS) is 20.3. The Morgan fingerprint density at radius 1 is 1.60 bits per heavy atom. The molecule has 15 heavy (non-hydrogen) atoms. The Hall–Kier alpha value is -1.36. The van der Waals surface area contributed by atoms with Gasteiger partial charge in [-0.1, -0.05) is 11.6 Å². The van der Waals surface area contributed by atoms with Crippen LogP contribution < -0.4 is 10.9 Å². The zero-order chi connectivity index (χ0) is 10.8. The van der Waals surface area contributed by atoms with Crippen LogP contribution in [-0.2, 0) is 11.3 Å². The fraction of sp³-hybridized carbons (Fsp3) is 0.444. The summed E-state index contributed by atoms with van der Waals surface area (Å²) in [5.74, 6) is 0.0370. The van der Waals surface area contributed by atoms with E-state index < -0.39 is 0 Å². The molecule has 1 N–H and O–H groups in total. The van der Waals surface area contributed by atoms with Crippen LogP contribution >= 0.6 is 11.6 Å². The topological polar surface area (TPSA) is 64.0 Å². The molecule has 6 heteroatoms. The molecular weight excluding hydrogens is 218 g/mol. The summed E-state index contributed by atoms with van der Waals surface area (Å²) >= 11 is 5.56. The molecule has 5 nitrogen and oxygen atoms in total. The van der Waals surface area contributed by atoms with Crippen LogP contribution in [0.1, 0.15) is 12.8 Å². The highest BCUT2D eigenvalue weighted by Gasteiger charge is 2.21. The number of hydrogen-bond donors (Lipinski definition) is 1. The molecule has 1 aliphatic rings. The van der Waals surface area contributed by atoms with Crippen LogP contribution in [0.5, 0.6) is 0 Å². The zero-order valence-electron chi connectivity index (χ0n) is 7.94. The van der Waals surface area contributed by atoms with E-state index in [1.807, 2.05) is 0 Å². The van der Waals surface area contributed by atoms with Crippen molar-refractivity contribution in [2.45, 2.75) is 25.4 Å². The maximum absolute atomic E-state index is 11.4. The molecule has 0 bridgehead atoms. The van der Waals surface area contributed by atoms with Gasteiger partial charge in [0, 0.05) is 25.1 Å². The number of amides is 1. The third-order valence-corrected chi connectivity index (χ3v) is 2.55.